The van der Waals surface area contributed by atoms with E-state index in [2.05, 4.69) is 5.32 Å². The molecular weight excluding hydrogens is 461 g/mol. The second-order valence-corrected chi connectivity index (χ2v) is 8.37. The number of hydrogen-bond acceptors (Lipinski definition) is 4. The van der Waals surface area contributed by atoms with Gasteiger partial charge in [0.05, 0.1) is 18.9 Å². The van der Waals surface area contributed by atoms with Crippen LogP contribution in [0.4, 0.5) is 18.9 Å². The van der Waals surface area contributed by atoms with Crippen LogP contribution < -0.4 is 15.0 Å². The van der Waals surface area contributed by atoms with Crippen molar-refractivity contribution in [1.82, 2.24) is 5.32 Å². The lowest BCUT2D eigenvalue weighted by Gasteiger charge is -2.32. The van der Waals surface area contributed by atoms with Gasteiger partial charge >= 0.3 is 6.18 Å². The molecule has 0 saturated heterocycles. The largest absolute Gasteiger partial charge is 0.497 e. The van der Waals surface area contributed by atoms with Crippen molar-refractivity contribution in [3.05, 3.63) is 83.8 Å². The van der Waals surface area contributed by atoms with Gasteiger partial charge in [-0.3, -0.25) is 14.5 Å². The molecule has 0 unspecified atom stereocenters. The molecule has 1 aliphatic rings. The Morgan fingerprint density at radius 2 is 1.80 bits per heavy atom. The van der Waals surface area contributed by atoms with Crippen LogP contribution in [0.15, 0.2) is 71.3 Å². The van der Waals surface area contributed by atoms with Crippen molar-refractivity contribution < 1.29 is 31.9 Å². The third kappa shape index (κ3) is 5.50. The molecule has 0 bridgehead atoms. The lowest BCUT2D eigenvalue weighted by molar-refractivity contribution is -0.137. The Kier molecular flexibility index (Phi) is 7.14. The first kappa shape index (κ1) is 24.4. The summed E-state index contributed by atoms with van der Waals surface area (Å²) in [6, 6.07) is 12.5. The minimum atomic E-state index is -4.63. The highest BCUT2D eigenvalue weighted by Gasteiger charge is 2.38. The highest BCUT2D eigenvalue weighted by Crippen LogP contribution is 2.36. The molecule has 1 saturated carbocycles. The summed E-state index contributed by atoms with van der Waals surface area (Å²) in [6.07, 6.45) is 0.192. The highest BCUT2D eigenvalue weighted by atomic mass is 19.4. The van der Waals surface area contributed by atoms with Crippen molar-refractivity contribution >= 4 is 17.5 Å². The first-order chi connectivity index (χ1) is 16.8. The van der Waals surface area contributed by atoms with Gasteiger partial charge in [-0.1, -0.05) is 31.0 Å². The Morgan fingerprint density at radius 3 is 2.46 bits per heavy atom. The van der Waals surface area contributed by atoms with E-state index in [9.17, 15) is 22.8 Å². The highest BCUT2D eigenvalue weighted by molar-refractivity contribution is 6.08. The molecule has 0 spiro atoms. The number of rotatable bonds is 7. The summed E-state index contributed by atoms with van der Waals surface area (Å²) in [5.74, 6) is -0.911. The summed E-state index contributed by atoms with van der Waals surface area (Å²) in [5.41, 5.74) is -0.638. The number of carbonyl (C=O) groups excluding carboxylic acids is 2. The maximum absolute atomic E-state index is 13.7. The second kappa shape index (κ2) is 10.2. The molecule has 1 N–H and O–H groups in total. The molecule has 2 amide bonds. The number of carbonyl (C=O) groups is 2. The normalized spacial score (nSPS) is 15.0. The predicted octanol–water partition coefficient (Wildman–Crippen LogP) is 5.75. The number of methoxy groups -OCH3 is 1. The number of nitrogens with one attached hydrogen (secondary N) is 1. The maximum atomic E-state index is 13.7. The molecule has 0 aliphatic heterocycles. The number of hydrogen-bond donors (Lipinski definition) is 1. The average Bonchev–Trinajstić information content (AvgIpc) is 3.56. The Bertz CT molecular complexity index is 1170. The van der Waals surface area contributed by atoms with Crippen LogP contribution in [0, 0.1) is 0 Å². The van der Waals surface area contributed by atoms with E-state index < -0.39 is 29.6 Å². The minimum absolute atomic E-state index is 0.0716. The fraction of sp³-hybridized carbons (Fsp3) is 0.308. The fourth-order valence-electron chi connectivity index (χ4n) is 4.31. The van der Waals surface area contributed by atoms with Gasteiger partial charge in [0.2, 0.25) is 5.91 Å². The van der Waals surface area contributed by atoms with Gasteiger partial charge in [-0.15, -0.1) is 0 Å². The van der Waals surface area contributed by atoms with Gasteiger partial charge in [-0.05, 0) is 60.9 Å². The molecular formula is C26H25F3N2O4. The number of benzene rings is 2. The van der Waals surface area contributed by atoms with Crippen LogP contribution >= 0.6 is 0 Å². The summed E-state index contributed by atoms with van der Waals surface area (Å²) in [6.45, 7) is 0. The minimum Gasteiger partial charge on any atom is -0.497 e. The lowest BCUT2D eigenvalue weighted by atomic mass is 10.0. The summed E-state index contributed by atoms with van der Waals surface area (Å²) < 4.78 is 51.2. The monoisotopic (exact) mass is 486 g/mol. The Morgan fingerprint density at radius 1 is 1.06 bits per heavy atom. The van der Waals surface area contributed by atoms with Crippen molar-refractivity contribution in [2.75, 3.05) is 12.0 Å². The number of ether oxygens (including phenoxy) is 1. The van der Waals surface area contributed by atoms with Crippen LogP contribution in [0.3, 0.4) is 0 Å². The second-order valence-electron chi connectivity index (χ2n) is 8.37. The van der Waals surface area contributed by atoms with Gasteiger partial charge < -0.3 is 14.5 Å². The third-order valence-corrected chi connectivity index (χ3v) is 6.02. The molecule has 184 valence electrons. The van der Waals surface area contributed by atoms with Crippen LogP contribution in [-0.4, -0.2) is 25.0 Å². The SMILES string of the molecule is COc1cccc([C@@H](C(=O)NC2CCCC2)N(C(=O)c2ccco2)c2cccc(C(F)(F)F)c2)c1. The number of amides is 2. The lowest BCUT2D eigenvalue weighted by Crippen LogP contribution is -2.46. The van der Waals surface area contributed by atoms with Crippen molar-refractivity contribution in [2.45, 2.75) is 43.9 Å². The van der Waals surface area contributed by atoms with E-state index in [1.54, 1.807) is 24.3 Å². The van der Waals surface area contributed by atoms with Gasteiger partial charge in [-0.2, -0.15) is 13.2 Å². The molecule has 3 aromatic rings. The summed E-state index contributed by atoms with van der Waals surface area (Å²) in [4.78, 5) is 28.3. The van der Waals surface area contributed by atoms with Crippen molar-refractivity contribution in [1.29, 1.82) is 0 Å². The van der Waals surface area contributed by atoms with E-state index in [-0.39, 0.29) is 17.5 Å². The van der Waals surface area contributed by atoms with Crippen molar-refractivity contribution in [3.8, 4) is 5.75 Å². The van der Waals surface area contributed by atoms with E-state index in [0.29, 0.717) is 11.3 Å². The topological polar surface area (TPSA) is 71.8 Å². The number of nitrogens with zero attached hydrogens (tertiary/aromatic N) is 1. The molecule has 9 heteroatoms. The van der Waals surface area contributed by atoms with Crippen LogP contribution in [0.1, 0.15) is 53.4 Å². The van der Waals surface area contributed by atoms with E-state index in [0.717, 1.165) is 42.7 Å². The number of anilines is 1. The maximum Gasteiger partial charge on any atom is 0.416 e. The third-order valence-electron chi connectivity index (χ3n) is 6.02. The summed E-state index contributed by atoms with van der Waals surface area (Å²) in [7, 11) is 1.46. The molecule has 1 heterocycles. The zero-order valence-corrected chi connectivity index (χ0v) is 19.0. The molecule has 2 aromatic carbocycles. The number of halogens is 3. The van der Waals surface area contributed by atoms with E-state index in [1.165, 1.54) is 37.6 Å². The van der Waals surface area contributed by atoms with Crippen molar-refractivity contribution in [3.63, 3.8) is 0 Å². The quantitative estimate of drug-likeness (QED) is 0.461. The Hall–Kier alpha value is -3.75. The number of furan rings is 1. The van der Waals surface area contributed by atoms with Crippen LogP contribution in [0.5, 0.6) is 5.75 Å². The van der Waals surface area contributed by atoms with Gasteiger partial charge in [0, 0.05) is 11.7 Å². The van der Waals surface area contributed by atoms with E-state index in [4.69, 9.17) is 9.15 Å². The molecule has 1 aliphatic carbocycles. The van der Waals surface area contributed by atoms with Crippen LogP contribution in [-0.2, 0) is 11.0 Å². The smallest absolute Gasteiger partial charge is 0.416 e. The summed E-state index contributed by atoms with van der Waals surface area (Å²) in [5, 5.41) is 2.98. The standard InChI is InChI=1S/C26H25F3N2O4/c1-34-21-12-4-7-17(15-21)23(24(32)30-19-9-2-3-10-19)31(25(33)22-13-6-14-35-22)20-11-5-8-18(16-20)26(27,28)29/h4-8,11-16,19,23H,2-3,9-10H2,1H3,(H,30,32)/t23-/m0/s1. The van der Waals surface area contributed by atoms with Crippen LogP contribution in [0.2, 0.25) is 0 Å². The fourth-order valence-corrected chi connectivity index (χ4v) is 4.31. The van der Waals surface area contributed by atoms with Gasteiger partial charge in [0.1, 0.15) is 11.8 Å². The molecule has 35 heavy (non-hydrogen) atoms. The molecule has 4 rings (SSSR count). The zero-order valence-electron chi connectivity index (χ0n) is 19.0. The van der Waals surface area contributed by atoms with Crippen LogP contribution in [0.25, 0.3) is 0 Å². The first-order valence-corrected chi connectivity index (χ1v) is 11.3. The molecule has 1 atom stereocenters. The van der Waals surface area contributed by atoms with Crippen molar-refractivity contribution in [2.24, 2.45) is 0 Å². The number of alkyl halides is 3. The molecule has 0 radical (unpaired) electrons. The van der Waals surface area contributed by atoms with Gasteiger partial charge in [-0.25, -0.2) is 0 Å². The average molecular weight is 486 g/mol. The molecule has 6 nitrogen and oxygen atoms in total. The molecule has 1 fully saturated rings. The van der Waals surface area contributed by atoms with Gasteiger partial charge in [0.15, 0.2) is 5.76 Å². The van der Waals surface area contributed by atoms with Gasteiger partial charge in [0.25, 0.3) is 5.91 Å². The molecule has 1 aromatic heterocycles. The Labute approximate surface area is 200 Å². The summed E-state index contributed by atoms with van der Waals surface area (Å²) >= 11 is 0. The van der Waals surface area contributed by atoms with E-state index >= 15 is 0 Å². The van der Waals surface area contributed by atoms with E-state index in [1.807, 2.05) is 0 Å². The first-order valence-electron chi connectivity index (χ1n) is 11.3. The zero-order chi connectivity index (χ0) is 25.0. The predicted molar refractivity (Wildman–Crippen MR) is 123 cm³/mol. The Balaban J connectivity index is 1.86.